The number of carbonyl (C=O) groups excluding carboxylic acids is 2. The van der Waals surface area contributed by atoms with Gasteiger partial charge in [-0.1, -0.05) is 24.3 Å². The zero-order valence-corrected chi connectivity index (χ0v) is 19.1. The van der Waals surface area contributed by atoms with Crippen molar-refractivity contribution in [3.05, 3.63) is 71.8 Å². The topological polar surface area (TPSA) is 85.9 Å². The van der Waals surface area contributed by atoms with Crippen LogP contribution in [0, 0.1) is 0 Å². The molecule has 1 aliphatic carbocycles. The maximum atomic E-state index is 13.4. The first kappa shape index (κ1) is 23.5. The summed E-state index contributed by atoms with van der Waals surface area (Å²) in [7, 11) is 1.50. The minimum atomic E-state index is -4.95. The Morgan fingerprint density at radius 2 is 1.69 bits per heavy atom. The third-order valence-corrected chi connectivity index (χ3v) is 6.25. The lowest BCUT2D eigenvalue weighted by Gasteiger charge is -2.19. The van der Waals surface area contributed by atoms with Gasteiger partial charge in [0, 0.05) is 12.6 Å². The Morgan fingerprint density at radius 1 is 0.944 bits per heavy atom. The molecule has 2 amide bonds. The second kappa shape index (κ2) is 8.78. The van der Waals surface area contributed by atoms with Gasteiger partial charge in [-0.05, 0) is 65.9 Å². The first-order valence-corrected chi connectivity index (χ1v) is 11.1. The zero-order chi connectivity index (χ0) is 25.5. The minimum Gasteiger partial charge on any atom is -0.454 e. The van der Waals surface area contributed by atoms with Gasteiger partial charge < -0.3 is 24.8 Å². The van der Waals surface area contributed by atoms with Crippen LogP contribution >= 0.6 is 0 Å². The monoisotopic (exact) mass is 498 g/mol. The fourth-order valence-corrected chi connectivity index (χ4v) is 4.21. The molecule has 36 heavy (non-hydrogen) atoms. The summed E-state index contributed by atoms with van der Waals surface area (Å²) >= 11 is 0. The molecule has 1 aliphatic heterocycles. The van der Waals surface area contributed by atoms with Crippen molar-refractivity contribution in [3.8, 4) is 28.4 Å². The molecule has 0 saturated heterocycles. The van der Waals surface area contributed by atoms with Gasteiger partial charge in [0.2, 0.25) is 12.7 Å². The SMILES string of the molecule is CNC(=O)c1cccc(-c2ccc(OC(F)(F)F)c(NC(=O)C3(c4ccc5c(c4)OCO5)CC3)c2)c1. The van der Waals surface area contributed by atoms with E-state index in [1.165, 1.54) is 19.2 Å². The van der Waals surface area contributed by atoms with E-state index in [4.69, 9.17) is 9.47 Å². The van der Waals surface area contributed by atoms with Gasteiger partial charge in [0.25, 0.3) is 5.91 Å². The van der Waals surface area contributed by atoms with Crippen LogP contribution in [0.25, 0.3) is 11.1 Å². The van der Waals surface area contributed by atoms with Crippen molar-refractivity contribution in [1.82, 2.24) is 5.32 Å². The molecule has 0 bridgehead atoms. The number of carbonyl (C=O) groups is 2. The number of hydrogen-bond acceptors (Lipinski definition) is 5. The summed E-state index contributed by atoms with van der Waals surface area (Å²) in [5.41, 5.74) is 1.13. The van der Waals surface area contributed by atoms with E-state index in [9.17, 15) is 22.8 Å². The van der Waals surface area contributed by atoms with Crippen LogP contribution in [0.4, 0.5) is 18.9 Å². The number of rotatable bonds is 6. The molecule has 3 aromatic rings. The van der Waals surface area contributed by atoms with Crippen LogP contribution in [-0.2, 0) is 10.2 Å². The van der Waals surface area contributed by atoms with E-state index < -0.39 is 23.4 Å². The zero-order valence-electron chi connectivity index (χ0n) is 19.1. The van der Waals surface area contributed by atoms with Gasteiger partial charge in [-0.3, -0.25) is 9.59 Å². The Morgan fingerprint density at radius 3 is 2.42 bits per heavy atom. The molecule has 5 rings (SSSR count). The molecular weight excluding hydrogens is 477 g/mol. The lowest BCUT2D eigenvalue weighted by molar-refractivity contribution is -0.274. The van der Waals surface area contributed by atoms with Crippen LogP contribution in [0.2, 0.25) is 0 Å². The second-order valence-corrected chi connectivity index (χ2v) is 8.52. The second-order valence-electron chi connectivity index (χ2n) is 8.52. The molecular formula is C26H21F3N2O5. The van der Waals surface area contributed by atoms with Gasteiger partial charge in [-0.15, -0.1) is 13.2 Å². The Bertz CT molecular complexity index is 1350. The number of benzene rings is 3. The van der Waals surface area contributed by atoms with Crippen molar-refractivity contribution < 1.29 is 37.0 Å². The average molecular weight is 498 g/mol. The Labute approximate surface area is 204 Å². The normalized spacial score (nSPS) is 15.2. The van der Waals surface area contributed by atoms with E-state index in [1.807, 2.05) is 0 Å². The predicted molar refractivity (Wildman–Crippen MR) is 124 cm³/mol. The van der Waals surface area contributed by atoms with Crippen LogP contribution in [0.1, 0.15) is 28.8 Å². The Balaban J connectivity index is 1.48. The van der Waals surface area contributed by atoms with Crippen molar-refractivity contribution in [2.75, 3.05) is 19.2 Å². The molecule has 10 heteroatoms. The van der Waals surface area contributed by atoms with Gasteiger partial charge in [0.15, 0.2) is 17.2 Å². The molecule has 1 saturated carbocycles. The molecule has 0 atom stereocenters. The highest BCUT2D eigenvalue weighted by Crippen LogP contribution is 2.51. The van der Waals surface area contributed by atoms with Gasteiger partial charge >= 0.3 is 6.36 Å². The van der Waals surface area contributed by atoms with Crippen molar-refractivity contribution in [1.29, 1.82) is 0 Å². The highest BCUT2D eigenvalue weighted by molar-refractivity contribution is 6.03. The molecule has 1 heterocycles. The lowest BCUT2D eigenvalue weighted by Crippen LogP contribution is -2.28. The van der Waals surface area contributed by atoms with Crippen LogP contribution < -0.4 is 24.8 Å². The first-order chi connectivity index (χ1) is 17.2. The highest BCUT2D eigenvalue weighted by Gasteiger charge is 2.52. The number of anilines is 1. The number of hydrogen-bond donors (Lipinski definition) is 2. The predicted octanol–water partition coefficient (Wildman–Crippen LogP) is 5.01. The van der Waals surface area contributed by atoms with E-state index in [0.717, 1.165) is 6.07 Å². The Hall–Kier alpha value is -4.21. The molecule has 1 fully saturated rings. The number of alkyl halides is 3. The van der Waals surface area contributed by atoms with Crippen molar-refractivity contribution in [2.45, 2.75) is 24.6 Å². The first-order valence-electron chi connectivity index (χ1n) is 11.1. The fourth-order valence-electron chi connectivity index (χ4n) is 4.21. The van der Waals surface area contributed by atoms with E-state index >= 15 is 0 Å². The maximum absolute atomic E-state index is 13.4. The van der Waals surface area contributed by atoms with Gasteiger partial charge in [-0.25, -0.2) is 0 Å². The summed E-state index contributed by atoms with van der Waals surface area (Å²) in [6, 6.07) is 15.8. The number of fused-ring (bicyclic) bond motifs is 1. The molecule has 0 radical (unpaired) electrons. The molecule has 3 aromatic carbocycles. The molecule has 2 aliphatic rings. The number of nitrogens with one attached hydrogen (secondary N) is 2. The number of ether oxygens (including phenoxy) is 3. The molecule has 0 spiro atoms. The van der Waals surface area contributed by atoms with Gasteiger partial charge in [0.1, 0.15) is 0 Å². The summed E-state index contributed by atoms with van der Waals surface area (Å²) in [5, 5.41) is 5.17. The van der Waals surface area contributed by atoms with Crippen LogP contribution in [0.15, 0.2) is 60.7 Å². The lowest BCUT2D eigenvalue weighted by atomic mass is 9.94. The van der Waals surface area contributed by atoms with Crippen molar-refractivity contribution >= 4 is 17.5 Å². The summed E-state index contributed by atoms with van der Waals surface area (Å²) in [6.45, 7) is 0.0873. The minimum absolute atomic E-state index is 0.0873. The van der Waals surface area contributed by atoms with E-state index in [1.54, 1.807) is 42.5 Å². The van der Waals surface area contributed by atoms with E-state index in [-0.39, 0.29) is 18.4 Å². The molecule has 0 aromatic heterocycles. The quantitative estimate of drug-likeness (QED) is 0.499. The highest BCUT2D eigenvalue weighted by atomic mass is 19.4. The van der Waals surface area contributed by atoms with E-state index in [2.05, 4.69) is 15.4 Å². The van der Waals surface area contributed by atoms with Gasteiger partial charge in [-0.2, -0.15) is 0 Å². The summed E-state index contributed by atoms with van der Waals surface area (Å²) < 4.78 is 54.2. The number of amides is 2. The average Bonchev–Trinajstić information content (AvgIpc) is 3.54. The molecule has 0 unspecified atom stereocenters. The standard InChI is InChI=1S/C26H21F3N2O5/c1-30-23(32)17-4-2-3-15(11-17)16-5-7-20(36-26(27,28)29)19(12-16)31-24(33)25(9-10-25)18-6-8-21-22(13-18)35-14-34-21/h2-8,11-13H,9-10,14H2,1H3,(H,30,32)(H,31,33). The third-order valence-electron chi connectivity index (χ3n) is 6.25. The third kappa shape index (κ3) is 4.53. The van der Waals surface area contributed by atoms with Crippen LogP contribution in [0.5, 0.6) is 17.2 Å². The molecule has 2 N–H and O–H groups in total. The smallest absolute Gasteiger partial charge is 0.454 e. The summed E-state index contributed by atoms with van der Waals surface area (Å²) in [5.74, 6) is -0.205. The Kier molecular flexibility index (Phi) is 5.74. The van der Waals surface area contributed by atoms with Crippen molar-refractivity contribution in [3.63, 3.8) is 0 Å². The number of halogens is 3. The van der Waals surface area contributed by atoms with Crippen LogP contribution in [-0.4, -0.2) is 32.0 Å². The van der Waals surface area contributed by atoms with Gasteiger partial charge in [0.05, 0.1) is 11.1 Å². The summed E-state index contributed by atoms with van der Waals surface area (Å²) in [6.07, 6.45) is -3.89. The van der Waals surface area contributed by atoms with Crippen molar-refractivity contribution in [2.24, 2.45) is 0 Å². The van der Waals surface area contributed by atoms with E-state index in [0.29, 0.717) is 46.6 Å². The largest absolute Gasteiger partial charge is 0.573 e. The molecule has 7 nitrogen and oxygen atoms in total. The maximum Gasteiger partial charge on any atom is 0.573 e. The fraction of sp³-hybridized carbons (Fsp3) is 0.231. The summed E-state index contributed by atoms with van der Waals surface area (Å²) in [4.78, 5) is 25.4. The van der Waals surface area contributed by atoms with Crippen LogP contribution in [0.3, 0.4) is 0 Å². The molecule has 186 valence electrons.